The van der Waals surface area contributed by atoms with Crippen LogP contribution >= 0.6 is 0 Å². The largest absolute Gasteiger partial charge is 0.451 e. The summed E-state index contributed by atoms with van der Waals surface area (Å²) >= 11 is 0. The molecule has 0 aliphatic rings. The van der Waals surface area contributed by atoms with Crippen molar-refractivity contribution >= 4 is 18.6 Å². The Morgan fingerprint density at radius 1 is 1.13 bits per heavy atom. The predicted molar refractivity (Wildman–Crippen MR) is 88.5 cm³/mol. The summed E-state index contributed by atoms with van der Waals surface area (Å²) in [7, 11) is 1.62. The van der Waals surface area contributed by atoms with Crippen LogP contribution in [0.4, 0.5) is 14.5 Å². The van der Waals surface area contributed by atoms with E-state index < -0.39 is 17.4 Å². The molecule has 0 fully saturated rings. The molecule has 4 nitrogen and oxygen atoms in total. The minimum Gasteiger partial charge on any atom is -0.451 e. The zero-order valence-electron chi connectivity index (χ0n) is 12.5. The van der Waals surface area contributed by atoms with E-state index in [-0.39, 0.29) is 5.75 Å². The number of anilines is 1. The van der Waals surface area contributed by atoms with Crippen molar-refractivity contribution in [3.8, 4) is 11.5 Å². The summed E-state index contributed by atoms with van der Waals surface area (Å²) in [5, 5.41) is 5.32. The maximum absolute atomic E-state index is 13.6. The molecular weight excluding hydrogens is 300 g/mol. The van der Waals surface area contributed by atoms with Gasteiger partial charge in [-0.2, -0.15) is 5.10 Å². The van der Waals surface area contributed by atoms with E-state index in [0.717, 1.165) is 12.1 Å². The number of ether oxygens (including phenoxy) is 1. The fraction of sp³-hybridized carbons (Fsp3) is 0.0588. The molecule has 0 spiro atoms. The number of allylic oxidation sites excluding steroid dienone is 1. The normalized spacial score (nSPS) is 10.6. The first-order valence-corrected chi connectivity index (χ1v) is 6.66. The lowest BCUT2D eigenvalue weighted by Gasteiger charge is -2.18. The molecule has 0 aliphatic carbocycles. The summed E-state index contributed by atoms with van der Waals surface area (Å²) < 4.78 is 32.4. The Morgan fingerprint density at radius 2 is 1.74 bits per heavy atom. The third-order valence-corrected chi connectivity index (χ3v) is 2.91. The van der Waals surface area contributed by atoms with Gasteiger partial charge in [0, 0.05) is 20.0 Å². The molecule has 0 unspecified atom stereocenters. The van der Waals surface area contributed by atoms with E-state index in [0.29, 0.717) is 11.4 Å². The summed E-state index contributed by atoms with van der Waals surface area (Å²) in [4.78, 5) is 3.86. The number of hydrogen-bond acceptors (Lipinski definition) is 4. The molecule has 118 valence electrons. The Morgan fingerprint density at radius 3 is 2.26 bits per heavy atom. The Kier molecular flexibility index (Phi) is 5.19. The number of hydrazone groups is 1. The van der Waals surface area contributed by atoms with E-state index in [1.165, 1.54) is 17.3 Å². The molecule has 0 bridgehead atoms. The summed E-state index contributed by atoms with van der Waals surface area (Å²) in [6.45, 7) is 7.29. The third kappa shape index (κ3) is 3.79. The molecule has 2 aromatic carbocycles. The highest BCUT2D eigenvalue weighted by Crippen LogP contribution is 2.29. The van der Waals surface area contributed by atoms with Crippen molar-refractivity contribution in [2.75, 3.05) is 12.1 Å². The van der Waals surface area contributed by atoms with Gasteiger partial charge < -0.3 is 4.74 Å². The number of para-hydroxylation sites is 1. The van der Waals surface area contributed by atoms with Crippen LogP contribution in [0.3, 0.4) is 0 Å². The van der Waals surface area contributed by atoms with Gasteiger partial charge in [0.1, 0.15) is 5.75 Å². The first-order chi connectivity index (χ1) is 11.1. The molecule has 0 amide bonds. The highest BCUT2D eigenvalue weighted by Gasteiger charge is 2.12. The van der Waals surface area contributed by atoms with Crippen molar-refractivity contribution < 1.29 is 13.5 Å². The maximum Gasteiger partial charge on any atom is 0.198 e. The number of halogens is 2. The van der Waals surface area contributed by atoms with Crippen LogP contribution in [0, 0.1) is 11.6 Å². The van der Waals surface area contributed by atoms with Crippen molar-refractivity contribution in [3.05, 3.63) is 66.4 Å². The van der Waals surface area contributed by atoms with Crippen molar-refractivity contribution in [2.45, 2.75) is 0 Å². The van der Waals surface area contributed by atoms with E-state index in [2.05, 4.69) is 23.4 Å². The smallest absolute Gasteiger partial charge is 0.198 e. The van der Waals surface area contributed by atoms with Gasteiger partial charge in [0.2, 0.25) is 0 Å². The minimum absolute atomic E-state index is 0.288. The third-order valence-electron chi connectivity index (χ3n) is 2.91. The van der Waals surface area contributed by atoms with E-state index in [4.69, 9.17) is 4.74 Å². The van der Waals surface area contributed by atoms with Gasteiger partial charge in [-0.25, -0.2) is 13.8 Å². The van der Waals surface area contributed by atoms with E-state index in [1.807, 2.05) is 0 Å². The highest BCUT2D eigenvalue weighted by atomic mass is 19.1. The Bertz CT molecular complexity index is 722. The summed E-state index contributed by atoms with van der Waals surface area (Å²) in [5.41, 5.74) is 1.18. The van der Waals surface area contributed by atoms with Crippen LogP contribution in [0.2, 0.25) is 0 Å². The van der Waals surface area contributed by atoms with Crippen LogP contribution in [0.25, 0.3) is 0 Å². The van der Waals surface area contributed by atoms with Crippen LogP contribution in [-0.4, -0.2) is 20.0 Å². The molecule has 0 saturated carbocycles. The number of nitrogens with zero attached hydrogens (tertiary/aromatic N) is 3. The second-order valence-corrected chi connectivity index (χ2v) is 4.48. The van der Waals surface area contributed by atoms with Crippen molar-refractivity contribution in [3.63, 3.8) is 0 Å². The second-order valence-electron chi connectivity index (χ2n) is 4.48. The lowest BCUT2D eigenvalue weighted by Crippen LogP contribution is -2.14. The van der Waals surface area contributed by atoms with E-state index in [1.54, 1.807) is 31.3 Å². The van der Waals surface area contributed by atoms with Crippen molar-refractivity contribution in [1.82, 2.24) is 0 Å². The van der Waals surface area contributed by atoms with Crippen LogP contribution in [-0.2, 0) is 0 Å². The standard InChI is InChI=1S/C17H15F2N3O/c1-12(11-20-2)22(21-3)13-7-9-14(10-8-13)23-17-15(18)5-4-6-16(17)19/h4-11H,1,3H2,2H3/b20-11-. The van der Waals surface area contributed by atoms with Crippen LogP contribution in [0.15, 0.2) is 64.8 Å². The quantitative estimate of drug-likeness (QED) is 0.585. The van der Waals surface area contributed by atoms with Crippen molar-refractivity contribution in [1.29, 1.82) is 0 Å². The zero-order chi connectivity index (χ0) is 16.8. The van der Waals surface area contributed by atoms with Gasteiger partial charge in [0.05, 0.1) is 11.4 Å². The SMILES string of the molecule is C=NN(C(=C)/C=N\C)c1ccc(Oc2c(F)cccc2F)cc1. The number of rotatable bonds is 6. The van der Waals surface area contributed by atoms with Gasteiger partial charge >= 0.3 is 0 Å². The van der Waals surface area contributed by atoms with Gasteiger partial charge in [0.25, 0.3) is 0 Å². The Labute approximate surface area is 133 Å². The number of aliphatic imine (C=N–C) groups is 1. The number of hydrogen-bond donors (Lipinski definition) is 0. The molecule has 2 aromatic rings. The fourth-order valence-corrected chi connectivity index (χ4v) is 1.90. The monoisotopic (exact) mass is 315 g/mol. The zero-order valence-corrected chi connectivity index (χ0v) is 12.5. The van der Waals surface area contributed by atoms with Gasteiger partial charge in [-0.05, 0) is 36.4 Å². The van der Waals surface area contributed by atoms with Crippen LogP contribution in [0.1, 0.15) is 0 Å². The van der Waals surface area contributed by atoms with Gasteiger partial charge in [-0.1, -0.05) is 12.6 Å². The average molecular weight is 315 g/mol. The summed E-state index contributed by atoms with van der Waals surface area (Å²) in [6, 6.07) is 9.99. The highest BCUT2D eigenvalue weighted by molar-refractivity contribution is 5.83. The molecule has 2 rings (SSSR count). The van der Waals surface area contributed by atoms with Crippen molar-refractivity contribution in [2.24, 2.45) is 10.1 Å². The second kappa shape index (κ2) is 7.31. The van der Waals surface area contributed by atoms with Crippen LogP contribution < -0.4 is 9.75 Å². The van der Waals surface area contributed by atoms with Crippen LogP contribution in [0.5, 0.6) is 11.5 Å². The number of benzene rings is 2. The molecule has 6 heteroatoms. The van der Waals surface area contributed by atoms with E-state index >= 15 is 0 Å². The predicted octanol–water partition coefficient (Wildman–Crippen LogP) is 4.39. The molecule has 0 atom stereocenters. The lowest BCUT2D eigenvalue weighted by atomic mass is 10.2. The molecule has 0 heterocycles. The average Bonchev–Trinajstić information content (AvgIpc) is 2.53. The van der Waals surface area contributed by atoms with Gasteiger partial charge in [-0.15, -0.1) is 0 Å². The van der Waals surface area contributed by atoms with E-state index in [9.17, 15) is 8.78 Å². The Hall–Kier alpha value is -3.02. The molecule has 0 saturated heterocycles. The van der Waals surface area contributed by atoms with Gasteiger partial charge in [0.15, 0.2) is 17.4 Å². The molecule has 0 aliphatic heterocycles. The summed E-state index contributed by atoms with van der Waals surface area (Å²) in [6.07, 6.45) is 1.54. The lowest BCUT2D eigenvalue weighted by molar-refractivity contribution is 0.407. The first kappa shape index (κ1) is 16.4. The maximum atomic E-state index is 13.6. The Balaban J connectivity index is 2.22. The van der Waals surface area contributed by atoms with Gasteiger partial charge in [-0.3, -0.25) is 4.99 Å². The molecule has 0 radical (unpaired) electrons. The first-order valence-electron chi connectivity index (χ1n) is 6.66. The fourth-order valence-electron chi connectivity index (χ4n) is 1.90. The summed E-state index contributed by atoms with van der Waals surface area (Å²) in [5.74, 6) is -1.69. The molecule has 0 N–H and O–H groups in total. The molecule has 0 aromatic heterocycles. The topological polar surface area (TPSA) is 37.2 Å². The minimum atomic E-state index is -0.768. The molecule has 23 heavy (non-hydrogen) atoms. The molecular formula is C17H15F2N3O.